The number of piperazine rings is 1. The maximum absolute atomic E-state index is 13.3. The molecule has 0 aliphatic carbocycles. The average molecular weight is 449 g/mol. The number of benzene rings is 2. The lowest BCUT2D eigenvalue weighted by Crippen LogP contribution is -2.47. The average Bonchev–Trinajstić information content (AvgIpc) is 2.85. The second kappa shape index (κ2) is 10.2. The number of rotatable bonds is 7. The molecule has 1 aliphatic heterocycles. The van der Waals surface area contributed by atoms with Crippen LogP contribution < -0.4 is 9.80 Å². The molecule has 1 atom stereocenters. The van der Waals surface area contributed by atoms with Gasteiger partial charge in [-0.05, 0) is 36.4 Å². The number of nitriles is 1. The molecule has 0 bridgehead atoms. The molecule has 1 saturated heterocycles. The molecule has 0 spiro atoms. The number of carbonyl (C=O) groups is 1. The minimum absolute atomic E-state index is 0.0558. The number of halogens is 1. The molecular weight excluding hydrogens is 425 g/mol. The summed E-state index contributed by atoms with van der Waals surface area (Å²) in [5, 5.41) is 9.81. The Balaban J connectivity index is 1.61. The molecule has 3 aromatic rings. The summed E-state index contributed by atoms with van der Waals surface area (Å²) in [6.07, 6.45) is 0. The van der Waals surface area contributed by atoms with Crippen LogP contribution in [0.25, 0.3) is 11.0 Å². The topological polar surface area (TPSA) is 91.6 Å². The number of esters is 1. The highest BCUT2D eigenvalue weighted by molar-refractivity contribution is 5.85. The van der Waals surface area contributed by atoms with Gasteiger partial charge in [0, 0.05) is 39.0 Å². The Bertz CT molecular complexity index is 1160. The summed E-state index contributed by atoms with van der Waals surface area (Å²) in [6.45, 7) is 2.86. The summed E-state index contributed by atoms with van der Waals surface area (Å²) in [5.41, 5.74) is 2.51. The zero-order chi connectivity index (χ0) is 23.2. The summed E-state index contributed by atoms with van der Waals surface area (Å²) < 4.78 is 23.4. The van der Waals surface area contributed by atoms with Crippen molar-refractivity contribution in [1.29, 1.82) is 5.26 Å². The van der Waals surface area contributed by atoms with Gasteiger partial charge in [-0.15, -0.1) is 0 Å². The van der Waals surface area contributed by atoms with E-state index in [0.717, 1.165) is 5.69 Å². The maximum atomic E-state index is 13.3. The fourth-order valence-corrected chi connectivity index (χ4v) is 3.79. The van der Waals surface area contributed by atoms with E-state index >= 15 is 0 Å². The van der Waals surface area contributed by atoms with E-state index < -0.39 is 11.9 Å². The van der Waals surface area contributed by atoms with Crippen LogP contribution in [0.1, 0.15) is 11.6 Å². The Labute approximate surface area is 191 Å². The van der Waals surface area contributed by atoms with Crippen LogP contribution in [0.3, 0.4) is 0 Å². The molecule has 0 unspecified atom stereocenters. The Kier molecular flexibility index (Phi) is 6.95. The molecule has 2 heterocycles. The molecule has 1 aliphatic rings. The summed E-state index contributed by atoms with van der Waals surface area (Å²) in [5.74, 6) is -1.65. The molecule has 1 fully saturated rings. The van der Waals surface area contributed by atoms with Crippen LogP contribution in [-0.2, 0) is 14.3 Å². The van der Waals surface area contributed by atoms with Crippen LogP contribution >= 0.6 is 0 Å². The van der Waals surface area contributed by atoms with Gasteiger partial charge in [-0.2, -0.15) is 5.26 Å². The number of carbonyl (C=O) groups excluding carboxylic acids is 1. The first-order valence-corrected chi connectivity index (χ1v) is 10.7. The highest BCUT2D eigenvalue weighted by atomic mass is 19.1. The normalized spacial score (nSPS) is 14.7. The largest absolute Gasteiger partial charge is 0.462 e. The van der Waals surface area contributed by atoms with E-state index in [-0.39, 0.29) is 24.7 Å². The van der Waals surface area contributed by atoms with Crippen molar-refractivity contribution in [3.8, 4) is 6.07 Å². The van der Waals surface area contributed by atoms with Crippen molar-refractivity contribution >= 4 is 28.5 Å². The lowest BCUT2D eigenvalue weighted by atomic mass is 10.1. The predicted molar refractivity (Wildman–Crippen MR) is 122 cm³/mol. The molecule has 8 nitrogen and oxygen atoms in total. The molecule has 4 rings (SSSR count). The smallest absolute Gasteiger partial charge is 0.329 e. The summed E-state index contributed by atoms with van der Waals surface area (Å²) >= 11 is 0. The van der Waals surface area contributed by atoms with E-state index in [9.17, 15) is 14.4 Å². The van der Waals surface area contributed by atoms with Gasteiger partial charge >= 0.3 is 5.97 Å². The molecule has 33 heavy (non-hydrogen) atoms. The Morgan fingerprint density at radius 2 is 1.67 bits per heavy atom. The van der Waals surface area contributed by atoms with Crippen molar-refractivity contribution in [2.24, 2.45) is 0 Å². The number of anilines is 2. The van der Waals surface area contributed by atoms with Gasteiger partial charge in [0.2, 0.25) is 0 Å². The fourth-order valence-electron chi connectivity index (χ4n) is 3.79. The second-order valence-electron chi connectivity index (χ2n) is 7.59. The highest BCUT2D eigenvalue weighted by Crippen LogP contribution is 2.29. The molecule has 170 valence electrons. The minimum Gasteiger partial charge on any atom is -0.462 e. The predicted octanol–water partition coefficient (Wildman–Crippen LogP) is 2.89. The third-order valence-electron chi connectivity index (χ3n) is 5.52. The third kappa shape index (κ3) is 5.02. The van der Waals surface area contributed by atoms with E-state index in [2.05, 4.69) is 9.88 Å². The summed E-state index contributed by atoms with van der Waals surface area (Å²) in [7, 11) is 1.51. The van der Waals surface area contributed by atoms with Gasteiger partial charge in [0.1, 0.15) is 18.1 Å². The summed E-state index contributed by atoms with van der Waals surface area (Å²) in [4.78, 5) is 26.3. The molecule has 2 aromatic carbocycles. The molecule has 1 aromatic heterocycles. The van der Waals surface area contributed by atoms with Crippen molar-refractivity contribution in [2.45, 2.75) is 5.92 Å². The first kappa shape index (κ1) is 22.4. The number of nitrogens with zero attached hydrogens (tertiary/aromatic N) is 5. The number of ether oxygens (including phenoxy) is 2. The monoisotopic (exact) mass is 449 g/mol. The molecule has 0 radical (unpaired) electrons. The number of aromatic nitrogens is 2. The lowest BCUT2D eigenvalue weighted by molar-refractivity contribution is -0.145. The zero-order valence-corrected chi connectivity index (χ0v) is 18.3. The van der Waals surface area contributed by atoms with E-state index in [1.54, 1.807) is 18.2 Å². The van der Waals surface area contributed by atoms with Crippen LogP contribution in [0.2, 0.25) is 0 Å². The van der Waals surface area contributed by atoms with Gasteiger partial charge in [0.15, 0.2) is 11.7 Å². The number of hydrogen-bond donors (Lipinski definition) is 0. The fraction of sp³-hybridized carbons (Fsp3) is 0.333. The zero-order valence-electron chi connectivity index (χ0n) is 18.3. The van der Waals surface area contributed by atoms with Crippen LogP contribution in [0.5, 0.6) is 0 Å². The maximum Gasteiger partial charge on any atom is 0.329 e. The van der Waals surface area contributed by atoms with Gasteiger partial charge < -0.3 is 19.3 Å². The quantitative estimate of drug-likeness (QED) is 0.402. The van der Waals surface area contributed by atoms with Crippen LogP contribution in [0.15, 0.2) is 48.5 Å². The van der Waals surface area contributed by atoms with Crippen LogP contribution in [0, 0.1) is 17.1 Å². The van der Waals surface area contributed by atoms with Gasteiger partial charge in [-0.25, -0.2) is 14.4 Å². The molecule has 0 N–H and O–H groups in total. The SMILES string of the molecule is COCCOC(=O)[C@@H](C#N)c1nc2ccccc2nc1N1CCN(c2ccc(F)cc2)CC1. The van der Waals surface area contributed by atoms with Crippen molar-refractivity contribution in [1.82, 2.24) is 9.97 Å². The van der Waals surface area contributed by atoms with Gasteiger partial charge in [-0.3, -0.25) is 4.79 Å². The molecular formula is C24H24FN5O3. The third-order valence-corrected chi connectivity index (χ3v) is 5.52. The first-order valence-electron chi connectivity index (χ1n) is 10.7. The number of hydrogen-bond acceptors (Lipinski definition) is 8. The number of para-hydroxylation sites is 2. The highest BCUT2D eigenvalue weighted by Gasteiger charge is 2.31. The van der Waals surface area contributed by atoms with E-state index in [1.807, 2.05) is 29.2 Å². The summed E-state index contributed by atoms with van der Waals surface area (Å²) in [6, 6.07) is 15.8. The van der Waals surface area contributed by atoms with E-state index in [1.165, 1.54) is 19.2 Å². The van der Waals surface area contributed by atoms with Crippen molar-refractivity contribution < 1.29 is 18.7 Å². The van der Waals surface area contributed by atoms with Crippen molar-refractivity contribution in [3.63, 3.8) is 0 Å². The Morgan fingerprint density at radius 3 is 2.30 bits per heavy atom. The molecule has 9 heteroatoms. The standard InChI is InChI=1S/C24H24FN5O3/c1-32-14-15-33-24(31)19(16-26)22-23(28-21-5-3-2-4-20(21)27-22)30-12-10-29(11-13-30)18-8-6-17(25)7-9-18/h2-9,19H,10-15H2,1H3/t19-/m0/s1. The van der Waals surface area contributed by atoms with Gasteiger partial charge in [0.25, 0.3) is 0 Å². The number of fused-ring (bicyclic) bond motifs is 1. The van der Waals surface area contributed by atoms with Crippen LogP contribution in [0.4, 0.5) is 15.9 Å². The van der Waals surface area contributed by atoms with Crippen LogP contribution in [-0.4, -0.2) is 62.4 Å². The second-order valence-corrected chi connectivity index (χ2v) is 7.59. The van der Waals surface area contributed by atoms with E-state index in [4.69, 9.17) is 14.5 Å². The number of methoxy groups -OCH3 is 1. The van der Waals surface area contributed by atoms with Crippen molar-refractivity contribution in [3.05, 3.63) is 60.0 Å². The Hall–Kier alpha value is -3.77. The first-order chi connectivity index (χ1) is 16.1. The molecule has 0 amide bonds. The Morgan fingerprint density at radius 1 is 1.03 bits per heavy atom. The molecule has 0 saturated carbocycles. The van der Waals surface area contributed by atoms with Crippen molar-refractivity contribution in [2.75, 3.05) is 56.3 Å². The van der Waals surface area contributed by atoms with Gasteiger partial charge in [-0.1, -0.05) is 12.1 Å². The lowest BCUT2D eigenvalue weighted by Gasteiger charge is -2.37. The minimum atomic E-state index is -1.20. The van der Waals surface area contributed by atoms with E-state index in [0.29, 0.717) is 43.0 Å². The van der Waals surface area contributed by atoms with Gasteiger partial charge in [0.05, 0.1) is 23.7 Å².